The molecule has 1 saturated heterocycles. The Morgan fingerprint density at radius 3 is 2.52 bits per heavy atom. The minimum absolute atomic E-state index is 0.0255. The highest BCUT2D eigenvalue weighted by atomic mass is 16.6. The molecule has 1 aromatic heterocycles. The van der Waals surface area contributed by atoms with E-state index in [0.717, 1.165) is 0 Å². The lowest BCUT2D eigenvalue weighted by Crippen LogP contribution is -2.36. The maximum absolute atomic E-state index is 12.8. The molecule has 0 amide bonds. The van der Waals surface area contributed by atoms with Gasteiger partial charge in [0.2, 0.25) is 0 Å². The Morgan fingerprint density at radius 1 is 1.11 bits per heavy atom. The fraction of sp³-hybridized carbons (Fsp3) is 0.368. The van der Waals surface area contributed by atoms with Gasteiger partial charge in [-0.2, -0.15) is 0 Å². The average molecular weight is 369 g/mol. The molecular formula is C19H19N3O5. The molecule has 1 aromatic carbocycles. The molecule has 0 atom stereocenters. The number of Topliss-reactive ketones (excluding diaryl/α,β-unsaturated/α-hetero) is 1. The first-order valence-corrected chi connectivity index (χ1v) is 8.91. The van der Waals surface area contributed by atoms with E-state index < -0.39 is 4.92 Å². The van der Waals surface area contributed by atoms with Gasteiger partial charge in [0.1, 0.15) is 25.2 Å². The Balaban J connectivity index is 1.40. The highest BCUT2D eigenvalue weighted by Crippen LogP contribution is 2.33. The number of nitrogens with zero attached hydrogens (tertiary/aromatic N) is 3. The van der Waals surface area contributed by atoms with Gasteiger partial charge in [0.25, 0.3) is 5.69 Å². The first kappa shape index (κ1) is 17.3. The average Bonchev–Trinajstić information content (AvgIpc) is 2.73. The number of fused-ring (bicyclic) bond motifs is 1. The zero-order valence-corrected chi connectivity index (χ0v) is 14.7. The van der Waals surface area contributed by atoms with Crippen molar-refractivity contribution in [1.82, 2.24) is 4.98 Å². The van der Waals surface area contributed by atoms with Gasteiger partial charge in [-0.15, -0.1) is 0 Å². The molecule has 0 radical (unpaired) electrons. The Hall–Kier alpha value is -3.16. The minimum Gasteiger partial charge on any atom is -0.486 e. The number of carbonyl (C=O) groups is 1. The van der Waals surface area contributed by atoms with Gasteiger partial charge >= 0.3 is 0 Å². The normalized spacial score (nSPS) is 16.8. The van der Waals surface area contributed by atoms with E-state index in [2.05, 4.69) is 9.88 Å². The van der Waals surface area contributed by atoms with E-state index in [1.54, 1.807) is 24.3 Å². The maximum Gasteiger partial charge on any atom is 0.287 e. The predicted octanol–water partition coefficient (Wildman–Crippen LogP) is 2.86. The van der Waals surface area contributed by atoms with Crippen molar-refractivity contribution >= 4 is 17.3 Å². The van der Waals surface area contributed by atoms with Gasteiger partial charge in [0.15, 0.2) is 17.3 Å². The summed E-state index contributed by atoms with van der Waals surface area (Å²) in [5.74, 6) is 2.06. The third-order valence-corrected chi connectivity index (χ3v) is 4.96. The van der Waals surface area contributed by atoms with Crippen LogP contribution in [0, 0.1) is 16.0 Å². The summed E-state index contributed by atoms with van der Waals surface area (Å²) >= 11 is 0. The lowest BCUT2D eigenvalue weighted by molar-refractivity contribution is -0.385. The third kappa shape index (κ3) is 3.55. The lowest BCUT2D eigenvalue weighted by Gasteiger charge is -2.32. The fourth-order valence-electron chi connectivity index (χ4n) is 3.48. The molecule has 3 heterocycles. The molecule has 8 heteroatoms. The van der Waals surface area contributed by atoms with Crippen molar-refractivity contribution in [3.05, 3.63) is 52.2 Å². The van der Waals surface area contributed by atoms with Crippen LogP contribution in [0.2, 0.25) is 0 Å². The molecule has 8 nitrogen and oxygen atoms in total. The van der Waals surface area contributed by atoms with Crippen molar-refractivity contribution in [2.75, 3.05) is 31.2 Å². The molecule has 140 valence electrons. The van der Waals surface area contributed by atoms with Gasteiger partial charge in [-0.25, -0.2) is 4.98 Å². The lowest BCUT2D eigenvalue weighted by atomic mass is 9.88. The molecule has 4 rings (SSSR count). The predicted molar refractivity (Wildman–Crippen MR) is 97.6 cm³/mol. The number of anilines is 1. The van der Waals surface area contributed by atoms with E-state index in [4.69, 9.17) is 9.47 Å². The van der Waals surface area contributed by atoms with Crippen molar-refractivity contribution in [2.45, 2.75) is 12.8 Å². The van der Waals surface area contributed by atoms with Gasteiger partial charge in [-0.1, -0.05) is 0 Å². The summed E-state index contributed by atoms with van der Waals surface area (Å²) in [7, 11) is 0. The fourth-order valence-corrected chi connectivity index (χ4v) is 3.48. The number of rotatable bonds is 4. The number of carbonyl (C=O) groups excluding carboxylic acids is 1. The van der Waals surface area contributed by atoms with Crippen LogP contribution < -0.4 is 14.4 Å². The summed E-state index contributed by atoms with van der Waals surface area (Å²) < 4.78 is 11.1. The number of hydrogen-bond donors (Lipinski definition) is 0. The number of ether oxygens (including phenoxy) is 2. The summed E-state index contributed by atoms with van der Waals surface area (Å²) in [6.07, 6.45) is 2.69. The number of ketones is 1. The summed E-state index contributed by atoms with van der Waals surface area (Å²) in [5, 5.41) is 10.7. The zero-order chi connectivity index (χ0) is 18.8. The molecule has 0 unspecified atom stereocenters. The van der Waals surface area contributed by atoms with Crippen LogP contribution in [-0.2, 0) is 0 Å². The summed E-state index contributed by atoms with van der Waals surface area (Å²) in [6, 6.07) is 8.45. The van der Waals surface area contributed by atoms with Crippen LogP contribution in [0.1, 0.15) is 23.2 Å². The van der Waals surface area contributed by atoms with E-state index in [9.17, 15) is 14.9 Å². The van der Waals surface area contributed by atoms with Crippen molar-refractivity contribution < 1.29 is 19.2 Å². The molecule has 0 aliphatic carbocycles. The van der Waals surface area contributed by atoms with Crippen LogP contribution in [0.25, 0.3) is 0 Å². The van der Waals surface area contributed by atoms with Gasteiger partial charge in [-0.3, -0.25) is 14.9 Å². The molecule has 2 aliphatic rings. The van der Waals surface area contributed by atoms with Gasteiger partial charge in [0.05, 0.1) is 4.92 Å². The number of benzene rings is 1. The third-order valence-electron chi connectivity index (χ3n) is 4.96. The molecule has 0 N–H and O–H groups in total. The van der Waals surface area contributed by atoms with Crippen molar-refractivity contribution in [1.29, 1.82) is 0 Å². The number of piperidine rings is 1. The molecule has 0 saturated carbocycles. The second-order valence-corrected chi connectivity index (χ2v) is 6.62. The Kier molecular flexibility index (Phi) is 4.62. The standard InChI is InChI=1S/C19H19N3O5/c23-19(14-1-3-16-17(11-14)27-10-9-26-16)13-5-7-21(8-6-13)18-4-2-15(12-20-18)22(24)25/h1-4,11-13H,5-10H2. The van der Waals surface area contributed by atoms with Crippen LogP contribution >= 0.6 is 0 Å². The van der Waals surface area contributed by atoms with E-state index >= 15 is 0 Å². The van der Waals surface area contributed by atoms with Crippen molar-refractivity contribution in [3.8, 4) is 11.5 Å². The second kappa shape index (κ2) is 7.22. The highest BCUT2D eigenvalue weighted by Gasteiger charge is 2.27. The van der Waals surface area contributed by atoms with Crippen LogP contribution in [0.15, 0.2) is 36.5 Å². The van der Waals surface area contributed by atoms with Crippen LogP contribution in [-0.4, -0.2) is 42.0 Å². The molecule has 0 bridgehead atoms. The maximum atomic E-state index is 12.8. The topological polar surface area (TPSA) is 94.8 Å². The van der Waals surface area contributed by atoms with E-state index in [-0.39, 0.29) is 17.4 Å². The summed E-state index contributed by atoms with van der Waals surface area (Å²) in [4.78, 5) is 29.3. The Bertz CT molecular complexity index is 860. The van der Waals surface area contributed by atoms with Crippen LogP contribution in [0.4, 0.5) is 11.5 Å². The molecule has 0 spiro atoms. The quantitative estimate of drug-likeness (QED) is 0.464. The number of nitro groups is 1. The summed E-state index contributed by atoms with van der Waals surface area (Å²) in [5.41, 5.74) is 0.619. The Morgan fingerprint density at radius 2 is 1.85 bits per heavy atom. The van der Waals surface area contributed by atoms with Crippen molar-refractivity contribution in [3.63, 3.8) is 0 Å². The second-order valence-electron chi connectivity index (χ2n) is 6.62. The monoisotopic (exact) mass is 369 g/mol. The SMILES string of the molecule is O=C(c1ccc2c(c1)OCCO2)C1CCN(c2ccc([N+](=O)[O-])cn2)CC1. The van der Waals surface area contributed by atoms with Crippen LogP contribution in [0.5, 0.6) is 11.5 Å². The first-order chi connectivity index (χ1) is 13.1. The smallest absolute Gasteiger partial charge is 0.287 e. The highest BCUT2D eigenvalue weighted by molar-refractivity contribution is 5.98. The van der Waals surface area contributed by atoms with E-state index in [1.807, 2.05) is 0 Å². The molecule has 2 aromatic rings. The summed E-state index contributed by atoms with van der Waals surface area (Å²) in [6.45, 7) is 2.39. The number of pyridine rings is 1. The zero-order valence-electron chi connectivity index (χ0n) is 14.7. The largest absolute Gasteiger partial charge is 0.486 e. The number of hydrogen-bond acceptors (Lipinski definition) is 7. The van der Waals surface area contributed by atoms with E-state index in [0.29, 0.717) is 62.0 Å². The molecule has 27 heavy (non-hydrogen) atoms. The Labute approximate surface area is 155 Å². The number of aromatic nitrogens is 1. The van der Waals surface area contributed by atoms with Gasteiger partial charge in [-0.05, 0) is 37.1 Å². The van der Waals surface area contributed by atoms with Gasteiger partial charge < -0.3 is 14.4 Å². The minimum atomic E-state index is -0.463. The molecule has 1 fully saturated rings. The first-order valence-electron chi connectivity index (χ1n) is 8.91. The molecular weight excluding hydrogens is 350 g/mol. The molecule has 2 aliphatic heterocycles. The van der Waals surface area contributed by atoms with E-state index in [1.165, 1.54) is 12.3 Å². The van der Waals surface area contributed by atoms with Gasteiger partial charge in [0, 0.05) is 30.6 Å². The van der Waals surface area contributed by atoms with Crippen molar-refractivity contribution in [2.24, 2.45) is 5.92 Å². The van der Waals surface area contributed by atoms with Crippen LogP contribution in [0.3, 0.4) is 0 Å².